The number of anilines is 1. The van der Waals surface area contributed by atoms with Crippen LogP contribution in [-0.4, -0.2) is 77.2 Å². The molecule has 2 aromatic carbocycles. The number of alkyl halides is 9. The van der Waals surface area contributed by atoms with Crippen molar-refractivity contribution in [2.24, 2.45) is 5.73 Å². The van der Waals surface area contributed by atoms with Gasteiger partial charge in [0.2, 0.25) is 15.8 Å². The van der Waals surface area contributed by atoms with E-state index < -0.39 is 63.9 Å². The highest BCUT2D eigenvalue weighted by molar-refractivity contribution is 7.89. The van der Waals surface area contributed by atoms with Gasteiger partial charge in [0.25, 0.3) is 0 Å². The normalized spacial score (nSPS) is 16.2. The highest BCUT2D eigenvalue weighted by Crippen LogP contribution is 2.33. The number of thiazole rings is 1. The Kier molecular flexibility index (Phi) is 10.8. The van der Waals surface area contributed by atoms with Gasteiger partial charge in [-0.3, -0.25) is 4.79 Å². The maximum Gasteiger partial charge on any atom is 0.573 e. The van der Waals surface area contributed by atoms with Crippen molar-refractivity contribution in [3.8, 4) is 11.5 Å². The number of ether oxygens (including phenoxy) is 2. The number of nitrogens with zero attached hydrogens (tertiary/aromatic N) is 5. The number of fused-ring (bicyclic) bond motifs is 1. The summed E-state index contributed by atoms with van der Waals surface area (Å²) in [6.45, 7) is -0.525. The van der Waals surface area contributed by atoms with Crippen molar-refractivity contribution in [3.05, 3.63) is 66.1 Å². The fourth-order valence-electron chi connectivity index (χ4n) is 4.20. The molecule has 1 aliphatic heterocycles. The van der Waals surface area contributed by atoms with Gasteiger partial charge in [-0.05, 0) is 42.0 Å². The zero-order valence-corrected chi connectivity index (χ0v) is 25.8. The van der Waals surface area contributed by atoms with Crippen LogP contribution in [0.1, 0.15) is 11.4 Å². The van der Waals surface area contributed by atoms with Crippen molar-refractivity contribution in [2.75, 3.05) is 24.5 Å². The third-order valence-corrected chi connectivity index (χ3v) is 9.30. The molecule has 0 saturated carbocycles. The molecule has 3 heterocycles. The van der Waals surface area contributed by atoms with Crippen molar-refractivity contribution in [3.63, 3.8) is 0 Å². The third kappa shape index (κ3) is 9.79. The number of halogens is 9. The number of aromatic nitrogens is 3. The van der Waals surface area contributed by atoms with E-state index in [0.29, 0.717) is 10.8 Å². The Bertz CT molecular complexity index is 1870. The van der Waals surface area contributed by atoms with Gasteiger partial charge in [0.1, 0.15) is 17.5 Å². The molecular formula is C26H21F9N6O6S2. The van der Waals surface area contributed by atoms with Crippen LogP contribution in [0.4, 0.5) is 44.6 Å². The summed E-state index contributed by atoms with van der Waals surface area (Å²) in [6, 6.07) is 7.08. The molecule has 5 rings (SSSR count). The average Bonchev–Trinajstić information content (AvgIpc) is 3.43. The first kappa shape index (κ1) is 37.3. The maximum absolute atomic E-state index is 13.1. The molecule has 0 bridgehead atoms. The minimum Gasteiger partial charge on any atom is -0.480 e. The van der Waals surface area contributed by atoms with Crippen molar-refractivity contribution >= 4 is 42.8 Å². The maximum atomic E-state index is 13.1. The fraction of sp³-hybridized carbons (Fsp3) is 0.308. The highest BCUT2D eigenvalue weighted by Gasteiger charge is 2.41. The molecule has 0 aliphatic carbocycles. The second-order valence-corrected chi connectivity index (χ2v) is 12.6. The molecule has 3 N–H and O–H groups in total. The van der Waals surface area contributed by atoms with Gasteiger partial charge >= 0.3 is 24.9 Å². The molecule has 1 atom stereocenters. The number of carbonyl (C=O) groups is 1. The number of carboxylic acid groups (broad SMARTS) is 1. The van der Waals surface area contributed by atoms with E-state index in [9.17, 15) is 57.8 Å². The van der Waals surface area contributed by atoms with Crippen LogP contribution in [0.3, 0.4) is 0 Å². The van der Waals surface area contributed by atoms with Crippen molar-refractivity contribution in [1.29, 1.82) is 0 Å². The molecule has 0 amide bonds. The van der Waals surface area contributed by atoms with E-state index in [2.05, 4.69) is 24.4 Å². The van der Waals surface area contributed by atoms with Gasteiger partial charge in [0.15, 0.2) is 10.8 Å². The van der Waals surface area contributed by atoms with Crippen molar-refractivity contribution in [1.82, 2.24) is 19.3 Å². The number of piperazine rings is 1. The molecule has 4 aromatic rings. The van der Waals surface area contributed by atoms with E-state index >= 15 is 0 Å². The molecular weight excluding hydrogens is 727 g/mol. The number of nitrogens with two attached hydrogens (primary N) is 1. The number of rotatable bonds is 7. The number of hydrogen-bond donors (Lipinski definition) is 2. The van der Waals surface area contributed by atoms with E-state index in [0.717, 1.165) is 47.4 Å². The molecule has 0 spiro atoms. The molecule has 266 valence electrons. The van der Waals surface area contributed by atoms with Gasteiger partial charge in [0, 0.05) is 26.2 Å². The Hall–Kier alpha value is -4.48. The molecule has 0 radical (unpaired) electrons. The summed E-state index contributed by atoms with van der Waals surface area (Å²) < 4.78 is 145. The van der Waals surface area contributed by atoms with Gasteiger partial charge in [-0.2, -0.15) is 22.5 Å². The minimum absolute atomic E-state index is 0.0718. The second kappa shape index (κ2) is 14.2. The Balaban J connectivity index is 0.000000350. The SMILES string of the molecule is NCc1ccc(OC(F)(F)F)cc1.O=C(O)[C@H]1CN(c2nc3nc(C(F)(F)F)ncc3s2)CCN1S(=O)(=O)c1ccc(OC(F)(F)F)cc1. The van der Waals surface area contributed by atoms with Crippen LogP contribution >= 0.6 is 11.3 Å². The first-order valence-electron chi connectivity index (χ1n) is 13.3. The number of benzene rings is 2. The summed E-state index contributed by atoms with van der Waals surface area (Å²) in [7, 11) is -4.44. The summed E-state index contributed by atoms with van der Waals surface area (Å²) in [4.78, 5) is 23.5. The molecule has 2 aromatic heterocycles. The Morgan fingerprint density at radius 2 is 1.45 bits per heavy atom. The quantitative estimate of drug-likeness (QED) is 0.245. The smallest absolute Gasteiger partial charge is 0.480 e. The van der Waals surface area contributed by atoms with Crippen LogP contribution < -0.4 is 20.1 Å². The zero-order chi connectivity index (χ0) is 36.4. The lowest BCUT2D eigenvalue weighted by Crippen LogP contribution is -2.58. The zero-order valence-electron chi connectivity index (χ0n) is 24.1. The predicted octanol–water partition coefficient (Wildman–Crippen LogP) is 5.01. The summed E-state index contributed by atoms with van der Waals surface area (Å²) in [6.07, 6.45) is -13.5. The number of aliphatic carboxylic acids is 1. The molecule has 1 aliphatic rings. The van der Waals surface area contributed by atoms with Crippen LogP contribution in [-0.2, 0) is 27.5 Å². The Labute approximate surface area is 273 Å². The standard InChI is InChI=1S/C18H13F6N5O5S2.C8H8F3NO/c19-17(20,21)15-25-7-12-13(26-15)27-16(35-12)28-5-6-29(11(8-28)14(30)31)36(32,33)10-3-1-9(2-4-10)34-18(22,23)24;9-8(10,11)13-7-3-1-6(5-12)2-4-7/h1-4,7,11H,5-6,8H2,(H,30,31);1-4H,5,12H2/t11-;/m1./s1. The van der Waals surface area contributed by atoms with Crippen LogP contribution in [0, 0.1) is 0 Å². The summed E-state index contributed by atoms with van der Waals surface area (Å²) in [5, 5.41) is 9.80. The minimum atomic E-state index is -4.98. The number of sulfonamides is 1. The van der Waals surface area contributed by atoms with E-state index in [1.54, 1.807) is 0 Å². The second-order valence-electron chi connectivity index (χ2n) is 9.71. The van der Waals surface area contributed by atoms with Crippen LogP contribution in [0.2, 0.25) is 0 Å². The third-order valence-electron chi connectivity index (χ3n) is 6.34. The molecule has 12 nitrogen and oxygen atoms in total. The van der Waals surface area contributed by atoms with Gasteiger partial charge in [-0.25, -0.2) is 18.4 Å². The van der Waals surface area contributed by atoms with Crippen LogP contribution in [0.25, 0.3) is 10.3 Å². The molecule has 1 saturated heterocycles. The van der Waals surface area contributed by atoms with E-state index in [1.807, 2.05) is 0 Å². The van der Waals surface area contributed by atoms with Crippen LogP contribution in [0.15, 0.2) is 59.6 Å². The lowest BCUT2D eigenvalue weighted by atomic mass is 10.2. The summed E-state index contributed by atoms with van der Waals surface area (Å²) in [5.41, 5.74) is 5.77. The monoisotopic (exact) mass is 748 g/mol. The van der Waals surface area contributed by atoms with E-state index in [-0.39, 0.29) is 34.3 Å². The van der Waals surface area contributed by atoms with E-state index in [4.69, 9.17) is 5.73 Å². The first-order chi connectivity index (χ1) is 22.7. The van der Waals surface area contributed by atoms with Gasteiger partial charge in [0.05, 0.1) is 15.8 Å². The first-order valence-corrected chi connectivity index (χ1v) is 15.5. The fourth-order valence-corrected chi connectivity index (χ4v) is 6.68. The lowest BCUT2D eigenvalue weighted by molar-refractivity contribution is -0.275. The Morgan fingerprint density at radius 3 is 1.94 bits per heavy atom. The van der Waals surface area contributed by atoms with Crippen molar-refractivity contribution in [2.45, 2.75) is 36.4 Å². The van der Waals surface area contributed by atoms with Gasteiger partial charge < -0.3 is 25.2 Å². The largest absolute Gasteiger partial charge is 0.573 e. The van der Waals surface area contributed by atoms with Gasteiger partial charge in [-0.15, -0.1) is 26.3 Å². The summed E-state index contributed by atoms with van der Waals surface area (Å²) >= 11 is 0.904. The molecule has 23 heteroatoms. The predicted molar refractivity (Wildman–Crippen MR) is 152 cm³/mol. The highest BCUT2D eigenvalue weighted by atomic mass is 32.2. The topological polar surface area (TPSA) is 161 Å². The van der Waals surface area contributed by atoms with Crippen LogP contribution in [0.5, 0.6) is 11.5 Å². The number of hydrogen-bond acceptors (Lipinski definition) is 11. The molecule has 1 fully saturated rings. The summed E-state index contributed by atoms with van der Waals surface area (Å²) in [5.74, 6) is -3.79. The Morgan fingerprint density at radius 1 is 0.898 bits per heavy atom. The number of carboxylic acids is 1. The van der Waals surface area contributed by atoms with Gasteiger partial charge in [-0.1, -0.05) is 23.5 Å². The average molecular weight is 749 g/mol. The molecule has 49 heavy (non-hydrogen) atoms. The molecule has 0 unspecified atom stereocenters. The van der Waals surface area contributed by atoms with E-state index in [1.165, 1.54) is 29.2 Å². The van der Waals surface area contributed by atoms with Crippen molar-refractivity contribution < 1.29 is 67.3 Å². The lowest BCUT2D eigenvalue weighted by Gasteiger charge is -2.38.